The highest BCUT2D eigenvalue weighted by Crippen LogP contribution is 2.70. The Labute approximate surface area is 426 Å². The molecule has 0 aromatic rings. The molecule has 1 unspecified atom stereocenters. The Morgan fingerprint density at radius 1 is 0.658 bits per heavy atom. The SMILES string of the molecule is CO[C@]1(CC[C@@H](C)CO[C@@H]2O[C@H](CO)[C@@H](O)[C@H](O)[C@H]2O)O[C@H]2C[C@H]3[C@@H]4CC=C5C[C@@H](O[C@@H]6O[C@H](CO)[C@H](O[C@@H]7O[C@H](CO)[C@@H](O)[C@@H]7O)[C@H](OC7O[C@@H](C)[C@H](O)[C@@H](O)[C@H]7O)[C@H]6O)CC[C@]5(C)[C@H]4CC[C@]3(C)[C@H]2[C@@H]1C. The third-order valence-corrected chi connectivity index (χ3v) is 19.5. The predicted molar refractivity (Wildman–Crippen MR) is 249 cm³/mol. The van der Waals surface area contributed by atoms with Gasteiger partial charge < -0.3 is 109 Å². The predicted octanol–water partition coefficient (Wildman–Crippen LogP) is -1.71. The average molecular weight is 1050 g/mol. The van der Waals surface area contributed by atoms with E-state index in [-0.39, 0.29) is 41.3 Å². The van der Waals surface area contributed by atoms with Crippen LogP contribution in [-0.4, -0.2) is 230 Å². The summed E-state index contributed by atoms with van der Waals surface area (Å²) in [6, 6.07) is 0. The van der Waals surface area contributed by atoms with Gasteiger partial charge in [-0.05, 0) is 98.7 Å². The van der Waals surface area contributed by atoms with E-state index in [2.05, 4.69) is 26.8 Å². The van der Waals surface area contributed by atoms with Gasteiger partial charge in [-0.15, -0.1) is 0 Å². The number of hydrogen-bond acceptors (Lipinski definition) is 22. The molecule has 0 bridgehead atoms. The van der Waals surface area contributed by atoms with Gasteiger partial charge in [0.1, 0.15) is 85.5 Å². The Balaban J connectivity index is 0.841. The van der Waals surface area contributed by atoms with Crippen molar-refractivity contribution in [3.63, 3.8) is 0 Å². The Bertz CT molecular complexity index is 1880. The van der Waals surface area contributed by atoms with Crippen LogP contribution in [0.3, 0.4) is 0 Å². The summed E-state index contributed by atoms with van der Waals surface area (Å²) >= 11 is 0. The van der Waals surface area contributed by atoms with Crippen LogP contribution in [0.25, 0.3) is 0 Å². The van der Waals surface area contributed by atoms with Crippen molar-refractivity contribution in [2.45, 2.75) is 227 Å². The molecule has 9 aliphatic rings. The number of rotatable bonds is 16. The van der Waals surface area contributed by atoms with Crippen LogP contribution in [0.4, 0.5) is 0 Å². The van der Waals surface area contributed by atoms with E-state index in [1.165, 1.54) is 12.5 Å². The molecule has 0 amide bonds. The number of allylic oxidation sites excluding steroid dienone is 1. The van der Waals surface area contributed by atoms with Crippen molar-refractivity contribution in [2.75, 3.05) is 33.5 Å². The molecule has 0 aromatic carbocycles. The van der Waals surface area contributed by atoms with Gasteiger partial charge in [0.2, 0.25) is 0 Å². The number of aliphatic hydroxyl groups excluding tert-OH is 12. The van der Waals surface area contributed by atoms with Crippen LogP contribution in [0, 0.1) is 46.3 Å². The molecule has 0 spiro atoms. The van der Waals surface area contributed by atoms with Gasteiger partial charge in [0.05, 0.1) is 44.7 Å². The highest BCUT2D eigenvalue weighted by atomic mass is 16.8. The molecule has 4 aliphatic carbocycles. The van der Waals surface area contributed by atoms with Gasteiger partial charge in [0.15, 0.2) is 30.9 Å². The number of ether oxygens (including phenoxy) is 10. The molecule has 0 radical (unpaired) electrons. The van der Waals surface area contributed by atoms with E-state index in [0.717, 1.165) is 32.1 Å². The van der Waals surface area contributed by atoms with Crippen LogP contribution in [-0.2, 0) is 47.4 Å². The van der Waals surface area contributed by atoms with Gasteiger partial charge in [0, 0.05) is 19.4 Å². The van der Waals surface area contributed by atoms with E-state index in [1.807, 2.05) is 6.92 Å². The summed E-state index contributed by atoms with van der Waals surface area (Å²) in [7, 11) is 1.72. The van der Waals surface area contributed by atoms with Crippen LogP contribution in [0.15, 0.2) is 11.6 Å². The van der Waals surface area contributed by atoms with Gasteiger partial charge in [-0.3, -0.25) is 0 Å². The molecule has 73 heavy (non-hydrogen) atoms. The van der Waals surface area contributed by atoms with Crippen LogP contribution in [0.1, 0.15) is 92.4 Å². The van der Waals surface area contributed by atoms with Crippen molar-refractivity contribution >= 4 is 0 Å². The van der Waals surface area contributed by atoms with Crippen molar-refractivity contribution in [3.05, 3.63) is 11.6 Å². The smallest absolute Gasteiger partial charge is 0.187 e. The summed E-state index contributed by atoms with van der Waals surface area (Å²) in [4.78, 5) is 0. The molecule has 420 valence electrons. The topological polar surface area (TPSA) is 335 Å². The maximum atomic E-state index is 12.0. The normalized spacial score (nSPS) is 54.3. The molecule has 30 atom stereocenters. The van der Waals surface area contributed by atoms with E-state index in [4.69, 9.17) is 47.4 Å². The Morgan fingerprint density at radius 3 is 1.93 bits per heavy atom. The molecule has 5 aliphatic heterocycles. The fraction of sp³-hybridized carbons (Fsp3) is 0.961. The van der Waals surface area contributed by atoms with Crippen molar-refractivity contribution < 1.29 is 109 Å². The fourth-order valence-electron chi connectivity index (χ4n) is 15.1. The maximum Gasteiger partial charge on any atom is 0.187 e. The molecule has 5 saturated heterocycles. The molecule has 3 saturated carbocycles. The summed E-state index contributed by atoms with van der Waals surface area (Å²) in [6.07, 6.45) is -17.9. The van der Waals surface area contributed by atoms with Crippen molar-refractivity contribution in [2.24, 2.45) is 46.3 Å². The third-order valence-electron chi connectivity index (χ3n) is 19.5. The minimum atomic E-state index is -1.76. The molecule has 0 aromatic heterocycles. The molecule has 8 fully saturated rings. The molecular weight excluding hydrogens is 965 g/mol. The second kappa shape index (κ2) is 22.2. The molecule has 22 heteroatoms. The molecule has 12 N–H and O–H groups in total. The van der Waals surface area contributed by atoms with Gasteiger partial charge in [0.25, 0.3) is 0 Å². The van der Waals surface area contributed by atoms with Crippen molar-refractivity contribution in [1.82, 2.24) is 0 Å². The monoisotopic (exact) mass is 1050 g/mol. The largest absolute Gasteiger partial charge is 0.394 e. The first-order valence-electron chi connectivity index (χ1n) is 26.7. The second-order valence-electron chi connectivity index (χ2n) is 23.5. The summed E-state index contributed by atoms with van der Waals surface area (Å²) in [5, 5.41) is 126. The first kappa shape index (κ1) is 56.6. The first-order chi connectivity index (χ1) is 34.6. The Morgan fingerprint density at radius 2 is 1.25 bits per heavy atom. The zero-order chi connectivity index (χ0) is 52.6. The Kier molecular flexibility index (Phi) is 17.2. The van der Waals surface area contributed by atoms with E-state index in [9.17, 15) is 61.3 Å². The Hall–Kier alpha value is -1.14. The number of fused-ring (bicyclic) bond motifs is 7. The lowest BCUT2D eigenvalue weighted by Crippen LogP contribution is -2.65. The van der Waals surface area contributed by atoms with Crippen LogP contribution in [0.5, 0.6) is 0 Å². The highest BCUT2D eigenvalue weighted by molar-refractivity contribution is 5.26. The average Bonchev–Trinajstić information content (AvgIpc) is 3.95. The van der Waals surface area contributed by atoms with Crippen LogP contribution < -0.4 is 0 Å². The lowest BCUT2D eigenvalue weighted by Gasteiger charge is -2.58. The zero-order valence-corrected chi connectivity index (χ0v) is 42.8. The summed E-state index contributed by atoms with van der Waals surface area (Å²) in [5.74, 6) is 0.933. The number of hydrogen-bond donors (Lipinski definition) is 12. The molecule has 9 rings (SSSR count). The third kappa shape index (κ3) is 10.0. The van der Waals surface area contributed by atoms with Gasteiger partial charge in [-0.1, -0.05) is 39.3 Å². The zero-order valence-electron chi connectivity index (χ0n) is 42.8. The van der Waals surface area contributed by atoms with Gasteiger partial charge in [-0.25, -0.2) is 0 Å². The van der Waals surface area contributed by atoms with Crippen LogP contribution >= 0.6 is 0 Å². The summed E-state index contributed by atoms with van der Waals surface area (Å²) in [5.41, 5.74) is 1.22. The van der Waals surface area contributed by atoms with Gasteiger partial charge in [-0.2, -0.15) is 0 Å². The molecule has 5 heterocycles. The lowest BCUT2D eigenvalue weighted by atomic mass is 9.47. The van der Waals surface area contributed by atoms with Crippen molar-refractivity contribution in [3.8, 4) is 0 Å². The van der Waals surface area contributed by atoms with Crippen LogP contribution in [0.2, 0.25) is 0 Å². The molecule has 22 nitrogen and oxygen atoms in total. The van der Waals surface area contributed by atoms with Gasteiger partial charge >= 0.3 is 0 Å². The standard InChI is InChI=1S/C51H84O22/c1-21(20-65-45-40(61)38(59)35(56)30(17-52)68-45)9-14-51(64-6)22(2)33-29(73-51)16-28-26-8-7-24-15-25(10-12-49(24,4)27(26)11-13-50(28,33)5)67-48-42(63)44(72-46-41(62)37(58)34(55)23(3)66-46)43(32(19-54)70-48)71-47-39(60)36(57)31(18-53)69-47/h7,21-23,25-48,52-63H,8-20H2,1-6H3/t21-,22+,23+,25+,26-,27+,28+,29+,30-,31-,32-,33+,34+,35-,36-,37-,38+,39+,40-,41-,42-,43+,44-,45-,46?,47+,48-,49+,50+,51-/m1/s1. The van der Waals surface area contributed by atoms with Crippen molar-refractivity contribution in [1.29, 1.82) is 0 Å². The van der Waals surface area contributed by atoms with E-state index >= 15 is 0 Å². The number of aliphatic hydroxyl groups is 12. The minimum Gasteiger partial charge on any atom is -0.394 e. The fourth-order valence-corrected chi connectivity index (χ4v) is 15.1. The van der Waals surface area contributed by atoms with E-state index < -0.39 is 148 Å². The summed E-state index contributed by atoms with van der Waals surface area (Å²) < 4.78 is 61.1. The summed E-state index contributed by atoms with van der Waals surface area (Å²) in [6.45, 7) is 8.97. The number of methoxy groups -OCH3 is 1. The van der Waals surface area contributed by atoms with E-state index in [1.54, 1.807) is 7.11 Å². The molecular formula is C51H84O22. The van der Waals surface area contributed by atoms with E-state index in [0.29, 0.717) is 43.4 Å². The highest BCUT2D eigenvalue weighted by Gasteiger charge is 2.68. The maximum absolute atomic E-state index is 12.0. The lowest BCUT2D eigenvalue weighted by molar-refractivity contribution is -0.376. The minimum absolute atomic E-state index is 0.00783. The second-order valence-corrected chi connectivity index (χ2v) is 23.5. The first-order valence-corrected chi connectivity index (χ1v) is 26.7. The quantitative estimate of drug-likeness (QED) is 0.0766.